The SMILES string of the molecule is CC1(C)CN(c2snc(N)c2-c2cccnc2)CCS1. The molecule has 3 rings (SSSR count). The van der Waals surface area contributed by atoms with Crippen LogP contribution in [-0.4, -0.2) is 32.9 Å². The number of nitrogens with two attached hydrogens (primary N) is 1. The van der Waals surface area contributed by atoms with Crippen molar-refractivity contribution in [3.63, 3.8) is 0 Å². The molecule has 0 aliphatic carbocycles. The number of aromatic nitrogens is 2. The van der Waals surface area contributed by atoms with Crippen LogP contribution >= 0.6 is 23.3 Å². The molecule has 0 atom stereocenters. The second kappa shape index (κ2) is 5.26. The molecule has 6 heteroatoms. The number of nitrogens with zero attached hydrogens (tertiary/aromatic N) is 3. The second-order valence-electron chi connectivity index (χ2n) is 5.52. The monoisotopic (exact) mass is 306 g/mol. The summed E-state index contributed by atoms with van der Waals surface area (Å²) < 4.78 is 4.63. The summed E-state index contributed by atoms with van der Waals surface area (Å²) in [6, 6.07) is 3.98. The molecule has 20 heavy (non-hydrogen) atoms. The van der Waals surface area contributed by atoms with Gasteiger partial charge in [-0.15, -0.1) is 0 Å². The quantitative estimate of drug-likeness (QED) is 0.924. The summed E-state index contributed by atoms with van der Waals surface area (Å²) in [6.07, 6.45) is 3.63. The minimum atomic E-state index is 0.267. The van der Waals surface area contributed by atoms with Crippen molar-refractivity contribution < 1.29 is 0 Å². The van der Waals surface area contributed by atoms with Crippen LogP contribution in [0.25, 0.3) is 11.1 Å². The molecule has 106 valence electrons. The average molecular weight is 306 g/mol. The van der Waals surface area contributed by atoms with Crippen molar-refractivity contribution in [2.24, 2.45) is 0 Å². The molecule has 0 bridgehead atoms. The number of thioether (sulfide) groups is 1. The van der Waals surface area contributed by atoms with Gasteiger partial charge >= 0.3 is 0 Å². The van der Waals surface area contributed by atoms with Crippen LogP contribution < -0.4 is 10.6 Å². The van der Waals surface area contributed by atoms with Gasteiger partial charge in [-0.3, -0.25) is 4.98 Å². The molecule has 0 spiro atoms. The summed E-state index contributed by atoms with van der Waals surface area (Å²) in [5.74, 6) is 1.74. The predicted molar refractivity (Wildman–Crippen MR) is 88.5 cm³/mol. The van der Waals surface area contributed by atoms with Crippen molar-refractivity contribution in [1.29, 1.82) is 0 Å². The number of anilines is 2. The lowest BCUT2D eigenvalue weighted by Gasteiger charge is -2.38. The molecule has 0 aromatic carbocycles. The largest absolute Gasteiger partial charge is 0.382 e. The first-order chi connectivity index (χ1) is 9.57. The van der Waals surface area contributed by atoms with Crippen molar-refractivity contribution >= 4 is 34.1 Å². The minimum Gasteiger partial charge on any atom is -0.382 e. The lowest BCUT2D eigenvalue weighted by atomic mass is 10.1. The van der Waals surface area contributed by atoms with E-state index < -0.39 is 0 Å². The topological polar surface area (TPSA) is 55.0 Å². The molecule has 2 N–H and O–H groups in total. The van der Waals surface area contributed by atoms with Crippen molar-refractivity contribution in [2.45, 2.75) is 18.6 Å². The third-order valence-electron chi connectivity index (χ3n) is 3.36. The highest BCUT2D eigenvalue weighted by Gasteiger charge is 2.30. The van der Waals surface area contributed by atoms with Gasteiger partial charge in [-0.25, -0.2) is 0 Å². The molecule has 0 amide bonds. The van der Waals surface area contributed by atoms with Crippen LogP contribution in [0.5, 0.6) is 0 Å². The fourth-order valence-electron chi connectivity index (χ4n) is 2.48. The number of hydrogen-bond donors (Lipinski definition) is 1. The molecule has 4 nitrogen and oxygen atoms in total. The zero-order valence-corrected chi connectivity index (χ0v) is 13.3. The molecule has 0 unspecified atom stereocenters. The van der Waals surface area contributed by atoms with E-state index in [0.717, 1.165) is 30.0 Å². The average Bonchev–Trinajstić information content (AvgIpc) is 2.80. The van der Waals surface area contributed by atoms with E-state index in [1.54, 1.807) is 6.20 Å². The van der Waals surface area contributed by atoms with E-state index in [4.69, 9.17) is 5.73 Å². The fourth-order valence-corrected chi connectivity index (χ4v) is 4.45. The molecule has 2 aromatic rings. The zero-order valence-electron chi connectivity index (χ0n) is 11.7. The van der Waals surface area contributed by atoms with E-state index in [9.17, 15) is 0 Å². The summed E-state index contributed by atoms with van der Waals surface area (Å²) in [7, 11) is 0. The summed E-state index contributed by atoms with van der Waals surface area (Å²) in [5.41, 5.74) is 8.17. The summed E-state index contributed by atoms with van der Waals surface area (Å²) >= 11 is 3.52. The molecule has 3 heterocycles. The number of rotatable bonds is 2. The van der Waals surface area contributed by atoms with Gasteiger partial charge < -0.3 is 10.6 Å². The Morgan fingerprint density at radius 1 is 1.40 bits per heavy atom. The molecule has 2 aromatic heterocycles. The van der Waals surface area contributed by atoms with Gasteiger partial charge in [-0.05, 0) is 31.4 Å². The Kier molecular flexibility index (Phi) is 3.60. The van der Waals surface area contributed by atoms with E-state index in [1.807, 2.05) is 30.1 Å². The fraction of sp³-hybridized carbons (Fsp3) is 0.429. The Morgan fingerprint density at radius 3 is 2.95 bits per heavy atom. The van der Waals surface area contributed by atoms with Crippen molar-refractivity contribution in [1.82, 2.24) is 9.36 Å². The van der Waals surface area contributed by atoms with E-state index in [2.05, 4.69) is 28.1 Å². The maximum Gasteiger partial charge on any atom is 0.147 e. The van der Waals surface area contributed by atoms with Crippen LogP contribution in [0.2, 0.25) is 0 Å². The Hall–Kier alpha value is -1.27. The van der Waals surface area contributed by atoms with Crippen LogP contribution in [0.4, 0.5) is 10.8 Å². The van der Waals surface area contributed by atoms with Crippen LogP contribution in [0.15, 0.2) is 24.5 Å². The molecule has 1 fully saturated rings. The smallest absolute Gasteiger partial charge is 0.147 e. The number of pyridine rings is 1. The Bertz CT molecular complexity index is 594. The third-order valence-corrected chi connectivity index (χ3v) is 5.58. The molecular weight excluding hydrogens is 288 g/mol. The van der Waals surface area contributed by atoms with Crippen molar-refractivity contribution in [3.8, 4) is 11.1 Å². The predicted octanol–water partition coefficient (Wildman–Crippen LogP) is 3.12. The van der Waals surface area contributed by atoms with Gasteiger partial charge in [0.1, 0.15) is 10.8 Å². The lowest BCUT2D eigenvalue weighted by molar-refractivity contribution is 0.651. The zero-order chi connectivity index (χ0) is 14.2. The summed E-state index contributed by atoms with van der Waals surface area (Å²) in [6.45, 7) is 6.64. The van der Waals surface area contributed by atoms with Crippen LogP contribution in [-0.2, 0) is 0 Å². The van der Waals surface area contributed by atoms with Crippen LogP contribution in [0, 0.1) is 0 Å². The highest BCUT2D eigenvalue weighted by Crippen LogP contribution is 2.42. The molecule has 1 aliphatic rings. The van der Waals surface area contributed by atoms with E-state index in [-0.39, 0.29) is 4.75 Å². The summed E-state index contributed by atoms with van der Waals surface area (Å²) in [4.78, 5) is 6.60. The third kappa shape index (κ3) is 2.62. The molecule has 0 saturated carbocycles. The van der Waals surface area contributed by atoms with E-state index >= 15 is 0 Å². The van der Waals surface area contributed by atoms with Crippen LogP contribution in [0.1, 0.15) is 13.8 Å². The molecule has 1 saturated heterocycles. The normalized spacial score (nSPS) is 18.2. The molecular formula is C14H18N4S2. The highest BCUT2D eigenvalue weighted by atomic mass is 32.2. The maximum absolute atomic E-state index is 6.09. The second-order valence-corrected chi connectivity index (χ2v) is 8.07. The lowest BCUT2D eigenvalue weighted by Crippen LogP contribution is -2.43. The highest BCUT2D eigenvalue weighted by molar-refractivity contribution is 8.00. The van der Waals surface area contributed by atoms with Gasteiger partial charge in [-0.1, -0.05) is 6.07 Å². The molecule has 1 aliphatic heterocycles. The first-order valence-electron chi connectivity index (χ1n) is 6.61. The van der Waals surface area contributed by atoms with E-state index in [1.165, 1.54) is 16.5 Å². The van der Waals surface area contributed by atoms with Gasteiger partial charge in [0.05, 0.1) is 5.56 Å². The Balaban J connectivity index is 1.99. The standard InChI is InChI=1S/C14H18N4S2/c1-14(2)9-18(6-7-19-14)13-11(12(15)17-20-13)10-4-3-5-16-8-10/h3-5,8H,6-7,9H2,1-2H3,(H2,15,17). The first-order valence-corrected chi connectivity index (χ1v) is 8.37. The van der Waals surface area contributed by atoms with Gasteiger partial charge in [0.25, 0.3) is 0 Å². The Morgan fingerprint density at radius 2 is 2.25 bits per heavy atom. The minimum absolute atomic E-state index is 0.267. The van der Waals surface area contributed by atoms with Gasteiger partial charge in [0.2, 0.25) is 0 Å². The number of nitrogen functional groups attached to an aromatic ring is 1. The summed E-state index contributed by atoms with van der Waals surface area (Å²) in [5, 5.41) is 1.17. The number of hydrogen-bond acceptors (Lipinski definition) is 6. The Labute approximate surface area is 127 Å². The van der Waals surface area contributed by atoms with Gasteiger partial charge in [-0.2, -0.15) is 16.1 Å². The van der Waals surface area contributed by atoms with Crippen LogP contribution in [0.3, 0.4) is 0 Å². The van der Waals surface area contributed by atoms with Crippen molar-refractivity contribution in [2.75, 3.05) is 29.5 Å². The van der Waals surface area contributed by atoms with Gasteiger partial charge in [0, 0.05) is 41.5 Å². The molecule has 0 radical (unpaired) electrons. The van der Waals surface area contributed by atoms with Crippen molar-refractivity contribution in [3.05, 3.63) is 24.5 Å². The van der Waals surface area contributed by atoms with Gasteiger partial charge in [0.15, 0.2) is 0 Å². The van der Waals surface area contributed by atoms with E-state index in [0.29, 0.717) is 5.82 Å². The maximum atomic E-state index is 6.09. The first kappa shape index (κ1) is 13.7.